The Balaban J connectivity index is 1.69. The van der Waals surface area contributed by atoms with Crippen molar-refractivity contribution in [3.63, 3.8) is 0 Å². The summed E-state index contributed by atoms with van der Waals surface area (Å²) in [5, 5.41) is 4.59. The average Bonchev–Trinajstić information content (AvgIpc) is 3.33. The van der Waals surface area contributed by atoms with Crippen molar-refractivity contribution in [2.75, 3.05) is 40.4 Å². The van der Waals surface area contributed by atoms with Crippen molar-refractivity contribution in [1.82, 2.24) is 15.1 Å². The Bertz CT molecular complexity index is 1290. The quantitative estimate of drug-likeness (QED) is 0.460. The molecule has 0 saturated carbocycles. The van der Waals surface area contributed by atoms with Crippen molar-refractivity contribution in [1.29, 1.82) is 0 Å². The highest BCUT2D eigenvalue weighted by molar-refractivity contribution is 6.30. The molecule has 7 nitrogen and oxygen atoms in total. The lowest BCUT2D eigenvalue weighted by Gasteiger charge is -2.36. The van der Waals surface area contributed by atoms with Gasteiger partial charge in [-0.25, -0.2) is 4.79 Å². The zero-order chi connectivity index (χ0) is 25.9. The lowest BCUT2D eigenvalue weighted by atomic mass is 9.93. The van der Waals surface area contributed by atoms with E-state index in [-0.39, 0.29) is 12.1 Å². The molecule has 192 valence electrons. The van der Waals surface area contributed by atoms with Crippen LogP contribution in [0.5, 0.6) is 11.5 Å². The van der Waals surface area contributed by atoms with Gasteiger partial charge in [-0.05, 0) is 47.5 Å². The average molecular weight is 539 g/mol. The molecule has 0 aromatic heterocycles. The Morgan fingerprint density at radius 3 is 2.11 bits per heavy atom. The van der Waals surface area contributed by atoms with E-state index in [1.54, 1.807) is 25.2 Å². The molecule has 0 bridgehead atoms. The Labute approximate surface area is 226 Å². The van der Waals surface area contributed by atoms with Crippen LogP contribution in [0.3, 0.4) is 0 Å². The molecule has 0 spiro atoms. The number of amides is 2. The highest BCUT2D eigenvalue weighted by atomic mass is 35.5. The number of ether oxygens (including phenoxy) is 2. The number of methoxy groups -OCH3 is 2. The maximum Gasteiger partial charge on any atom is 0.326 e. The minimum absolute atomic E-state index is 0.102. The third-order valence-corrected chi connectivity index (χ3v) is 7.24. The van der Waals surface area contributed by atoms with Gasteiger partial charge in [0, 0.05) is 42.3 Å². The molecule has 9 heteroatoms. The van der Waals surface area contributed by atoms with E-state index in [4.69, 9.17) is 37.7 Å². The fourth-order valence-electron chi connectivity index (χ4n) is 4.85. The summed E-state index contributed by atoms with van der Waals surface area (Å²) in [6.07, 6.45) is 0. The summed E-state index contributed by atoms with van der Waals surface area (Å²) in [6.45, 7) is 2.71. The van der Waals surface area contributed by atoms with Crippen molar-refractivity contribution < 1.29 is 14.3 Å². The van der Waals surface area contributed by atoms with Gasteiger partial charge in [0.2, 0.25) is 0 Å². The van der Waals surface area contributed by atoms with Gasteiger partial charge in [-0.1, -0.05) is 47.5 Å². The maximum atomic E-state index is 14.2. The van der Waals surface area contributed by atoms with E-state index in [2.05, 4.69) is 5.32 Å². The molecule has 1 saturated heterocycles. The Morgan fingerprint density at radius 1 is 0.892 bits per heavy atom. The number of nitrogens with zero attached hydrogens (tertiary/aromatic N) is 3. The standard InChI is InChI=1S/C28H28Cl2N4O3/c1-36-22-11-12-23(24(17-22)37-2)27-32-25(18-3-7-20(29)8-4-18)26(19-5-9-21(30)10-6-19)34(27)28(35)33-15-13-31-14-16-33/h3-12,17,25-26,31H,13-16H2,1-2H3/t25-,26+/m1/s1. The predicted octanol–water partition coefficient (Wildman–Crippen LogP) is 5.58. The zero-order valence-electron chi connectivity index (χ0n) is 20.7. The minimum atomic E-state index is -0.400. The number of piperazine rings is 1. The first-order valence-electron chi connectivity index (χ1n) is 12.1. The summed E-state index contributed by atoms with van der Waals surface area (Å²) in [4.78, 5) is 23.1. The topological polar surface area (TPSA) is 66.4 Å². The van der Waals surface area contributed by atoms with E-state index >= 15 is 0 Å². The van der Waals surface area contributed by atoms with Gasteiger partial charge in [0.15, 0.2) is 0 Å². The molecule has 5 rings (SSSR count). The summed E-state index contributed by atoms with van der Waals surface area (Å²) in [7, 11) is 3.21. The lowest BCUT2D eigenvalue weighted by Crippen LogP contribution is -2.53. The van der Waals surface area contributed by atoms with Gasteiger partial charge >= 0.3 is 6.03 Å². The second-order valence-electron chi connectivity index (χ2n) is 8.90. The zero-order valence-corrected chi connectivity index (χ0v) is 22.2. The van der Waals surface area contributed by atoms with Gasteiger partial charge in [0.1, 0.15) is 23.4 Å². The molecule has 2 atom stereocenters. The van der Waals surface area contributed by atoms with Crippen LogP contribution in [0.1, 0.15) is 28.8 Å². The van der Waals surface area contributed by atoms with Crippen LogP contribution in [0, 0.1) is 0 Å². The van der Waals surface area contributed by atoms with Gasteiger partial charge in [0.25, 0.3) is 0 Å². The van der Waals surface area contributed by atoms with Gasteiger partial charge < -0.3 is 19.7 Å². The summed E-state index contributed by atoms with van der Waals surface area (Å²) in [5.41, 5.74) is 2.59. The summed E-state index contributed by atoms with van der Waals surface area (Å²) in [5.74, 6) is 1.77. The normalized spacial score (nSPS) is 19.5. The fourth-order valence-corrected chi connectivity index (χ4v) is 5.10. The monoisotopic (exact) mass is 538 g/mol. The molecule has 3 aromatic carbocycles. The van der Waals surface area contributed by atoms with Crippen molar-refractivity contribution in [2.24, 2.45) is 4.99 Å². The third kappa shape index (κ3) is 5.12. The van der Waals surface area contributed by atoms with Crippen LogP contribution < -0.4 is 14.8 Å². The molecular weight excluding hydrogens is 511 g/mol. The molecule has 37 heavy (non-hydrogen) atoms. The molecule has 0 radical (unpaired) electrons. The first-order valence-corrected chi connectivity index (χ1v) is 12.9. The first-order chi connectivity index (χ1) is 18.0. The Morgan fingerprint density at radius 2 is 1.51 bits per heavy atom. The van der Waals surface area contributed by atoms with E-state index in [0.717, 1.165) is 24.2 Å². The number of rotatable bonds is 5. The van der Waals surface area contributed by atoms with E-state index in [9.17, 15) is 4.79 Å². The number of urea groups is 1. The smallest absolute Gasteiger partial charge is 0.326 e. The highest BCUT2D eigenvalue weighted by Crippen LogP contribution is 2.45. The van der Waals surface area contributed by atoms with Gasteiger partial charge in [0.05, 0.1) is 25.8 Å². The van der Waals surface area contributed by atoms with Gasteiger partial charge in [-0.3, -0.25) is 9.89 Å². The predicted molar refractivity (Wildman–Crippen MR) is 146 cm³/mol. The number of hydrogen-bond acceptors (Lipinski definition) is 5. The van der Waals surface area contributed by atoms with Crippen molar-refractivity contribution in [3.8, 4) is 11.5 Å². The van der Waals surface area contributed by atoms with Crippen LogP contribution in [-0.2, 0) is 0 Å². The van der Waals surface area contributed by atoms with Gasteiger partial charge in [-0.15, -0.1) is 0 Å². The van der Waals surface area contributed by atoms with Crippen LogP contribution >= 0.6 is 23.2 Å². The van der Waals surface area contributed by atoms with Crippen LogP contribution in [0.15, 0.2) is 71.7 Å². The summed E-state index contributed by atoms with van der Waals surface area (Å²) >= 11 is 12.4. The minimum Gasteiger partial charge on any atom is -0.497 e. The van der Waals surface area contributed by atoms with Gasteiger partial charge in [-0.2, -0.15) is 0 Å². The third-order valence-electron chi connectivity index (χ3n) is 6.73. The molecule has 0 unspecified atom stereocenters. The van der Waals surface area contributed by atoms with E-state index in [1.807, 2.05) is 65.6 Å². The molecule has 2 aliphatic heterocycles. The number of amidine groups is 1. The van der Waals surface area contributed by atoms with Crippen molar-refractivity contribution in [2.45, 2.75) is 12.1 Å². The first kappa shape index (κ1) is 25.4. The number of aliphatic imine (C=N–C) groups is 1. The largest absolute Gasteiger partial charge is 0.497 e. The molecule has 1 fully saturated rings. The number of nitrogens with one attached hydrogen (secondary N) is 1. The lowest BCUT2D eigenvalue weighted by molar-refractivity contribution is 0.157. The van der Waals surface area contributed by atoms with E-state index in [0.29, 0.717) is 46.0 Å². The van der Waals surface area contributed by atoms with E-state index < -0.39 is 6.04 Å². The van der Waals surface area contributed by atoms with Crippen LogP contribution in [0.25, 0.3) is 0 Å². The second-order valence-corrected chi connectivity index (χ2v) is 9.77. The molecule has 2 heterocycles. The SMILES string of the molecule is COc1ccc(C2=N[C@H](c3ccc(Cl)cc3)[C@H](c3ccc(Cl)cc3)N2C(=O)N2CCNCC2)c(OC)c1. The summed E-state index contributed by atoms with van der Waals surface area (Å²) in [6, 6.07) is 19.9. The van der Waals surface area contributed by atoms with Crippen LogP contribution in [-0.4, -0.2) is 62.1 Å². The fraction of sp³-hybridized carbons (Fsp3) is 0.286. The second kappa shape index (κ2) is 11.0. The summed E-state index contributed by atoms with van der Waals surface area (Å²) < 4.78 is 11.1. The van der Waals surface area contributed by atoms with Crippen LogP contribution in [0.4, 0.5) is 4.79 Å². The Kier molecular flexibility index (Phi) is 7.55. The number of carbonyl (C=O) groups is 1. The molecule has 2 aliphatic rings. The van der Waals surface area contributed by atoms with Crippen molar-refractivity contribution >= 4 is 35.1 Å². The van der Waals surface area contributed by atoms with Crippen molar-refractivity contribution in [3.05, 3.63) is 93.5 Å². The molecule has 3 aromatic rings. The number of halogens is 2. The number of carbonyl (C=O) groups excluding carboxylic acids is 1. The highest BCUT2D eigenvalue weighted by Gasteiger charge is 2.44. The van der Waals surface area contributed by atoms with Crippen LogP contribution in [0.2, 0.25) is 10.0 Å². The number of benzene rings is 3. The molecule has 2 amide bonds. The number of hydrogen-bond donors (Lipinski definition) is 1. The maximum absolute atomic E-state index is 14.2. The molecule has 1 N–H and O–H groups in total. The van der Waals surface area contributed by atoms with E-state index in [1.165, 1.54) is 0 Å². The molecular formula is C28H28Cl2N4O3. The molecule has 0 aliphatic carbocycles. The Hall–Kier alpha value is -3.26.